The van der Waals surface area contributed by atoms with Crippen LogP contribution in [0.5, 0.6) is 0 Å². The van der Waals surface area contributed by atoms with E-state index in [2.05, 4.69) is 188 Å². The third-order valence-electron chi connectivity index (χ3n) is 11.9. The van der Waals surface area contributed by atoms with E-state index in [1.165, 1.54) is 107 Å². The van der Waals surface area contributed by atoms with Gasteiger partial charge in [-0.25, -0.2) is 0 Å². The van der Waals surface area contributed by atoms with Gasteiger partial charge in [-0.2, -0.15) is 0 Å². The van der Waals surface area contributed by atoms with E-state index < -0.39 is 0 Å². The topological polar surface area (TPSA) is 12.9 Å². The number of hydrogen-bond donors (Lipinski definition) is 0. The van der Waals surface area contributed by atoms with E-state index in [0.717, 1.165) is 10.9 Å². The van der Waals surface area contributed by atoms with Gasteiger partial charge in [0, 0.05) is 0 Å². The van der Waals surface area contributed by atoms with Gasteiger partial charge in [0.25, 0.3) is 0 Å². The van der Waals surface area contributed by atoms with E-state index in [9.17, 15) is 0 Å². The van der Waals surface area contributed by atoms with Crippen molar-refractivity contribution in [2.24, 2.45) is 0 Å². The summed E-state index contributed by atoms with van der Waals surface area (Å²) in [6.07, 6.45) is 1.89. The van der Waals surface area contributed by atoms with Crippen LogP contribution in [0.25, 0.3) is 118 Å². The van der Waals surface area contributed by atoms with E-state index >= 15 is 0 Å². The minimum absolute atomic E-state index is 0.109. The van der Waals surface area contributed by atoms with Crippen molar-refractivity contribution in [2.45, 2.75) is 0 Å². The zero-order valence-electron chi connectivity index (χ0n) is 30.9. The first-order valence-corrected chi connectivity index (χ1v) is 21.2. The Morgan fingerprint density at radius 2 is 0.807 bits per heavy atom. The predicted octanol–water partition coefficient (Wildman–Crippen LogP) is 14.9. The molecule has 264 valence electrons. The molecule has 12 rings (SSSR count). The fourth-order valence-electron chi connectivity index (χ4n) is 9.46. The molecule has 0 saturated carbocycles. The van der Waals surface area contributed by atoms with Gasteiger partial charge >= 0.3 is 338 Å². The molecule has 0 spiro atoms. The predicted molar refractivity (Wildman–Crippen MR) is 245 cm³/mol. The Kier molecular flexibility index (Phi) is 7.32. The average Bonchev–Trinajstić information content (AvgIpc) is 3.66. The van der Waals surface area contributed by atoms with Gasteiger partial charge in [-0.15, -0.1) is 0 Å². The van der Waals surface area contributed by atoms with Crippen LogP contribution in [0.1, 0.15) is 0 Å². The summed E-state index contributed by atoms with van der Waals surface area (Å²) in [6, 6.07) is 71.9. The van der Waals surface area contributed by atoms with Crippen molar-refractivity contribution in [3.63, 3.8) is 0 Å². The molecule has 0 N–H and O–H groups in total. The van der Waals surface area contributed by atoms with Crippen LogP contribution in [0.4, 0.5) is 0 Å². The van der Waals surface area contributed by atoms with Crippen molar-refractivity contribution < 1.29 is 0 Å². The molecule has 2 heterocycles. The monoisotopic (exact) mass is 787 g/mol. The molecule has 0 atom stereocenters. The molecule has 1 nitrogen and oxygen atoms in total. The quantitative estimate of drug-likeness (QED) is 0.128. The third kappa shape index (κ3) is 4.98. The summed E-state index contributed by atoms with van der Waals surface area (Å²) in [4.78, 5) is 4.73. The van der Waals surface area contributed by atoms with E-state index in [1.807, 2.05) is 12.3 Å². The van der Waals surface area contributed by atoms with E-state index in [4.69, 9.17) is 4.98 Å². The van der Waals surface area contributed by atoms with Gasteiger partial charge in [-0.05, 0) is 0 Å². The van der Waals surface area contributed by atoms with Crippen molar-refractivity contribution >= 4 is 87.8 Å². The second kappa shape index (κ2) is 12.9. The number of nitrogens with zero attached hydrogens (tertiary/aromatic N) is 1. The van der Waals surface area contributed by atoms with Crippen LogP contribution in [0.15, 0.2) is 200 Å². The molecule has 0 unspecified atom stereocenters. The van der Waals surface area contributed by atoms with E-state index in [1.54, 1.807) is 0 Å². The molecule has 0 amide bonds. The van der Waals surface area contributed by atoms with Crippen LogP contribution in [0.2, 0.25) is 0 Å². The number of benzene rings is 10. The van der Waals surface area contributed by atoms with Gasteiger partial charge in [-0.1, -0.05) is 0 Å². The third-order valence-corrected chi connectivity index (χ3v) is 14.4. The Morgan fingerprint density at radius 3 is 1.40 bits per heavy atom. The van der Waals surface area contributed by atoms with Gasteiger partial charge in [0.05, 0.1) is 0 Å². The molecular formula is C55H33NSe. The number of aromatic nitrogens is 1. The van der Waals surface area contributed by atoms with E-state index in [-0.39, 0.29) is 14.5 Å². The first kappa shape index (κ1) is 32.4. The maximum absolute atomic E-state index is 4.73. The molecule has 12 aromatic rings. The zero-order chi connectivity index (χ0) is 37.5. The number of pyridine rings is 1. The Bertz CT molecular complexity index is 3460. The fourth-order valence-corrected chi connectivity index (χ4v) is 12.1. The van der Waals surface area contributed by atoms with Crippen molar-refractivity contribution in [1.82, 2.24) is 4.98 Å². The van der Waals surface area contributed by atoms with E-state index in [0.29, 0.717) is 0 Å². The number of rotatable bonds is 4. The van der Waals surface area contributed by atoms with Crippen LogP contribution in [0.3, 0.4) is 0 Å². The fraction of sp³-hybridized carbons (Fsp3) is 0. The molecule has 0 saturated heterocycles. The Labute approximate surface area is 335 Å². The summed E-state index contributed by atoms with van der Waals surface area (Å²) >= 11 is 0.109. The molecule has 0 radical (unpaired) electrons. The van der Waals surface area contributed by atoms with Gasteiger partial charge in [0.15, 0.2) is 0 Å². The molecular weight excluding hydrogens is 754 g/mol. The molecule has 2 heteroatoms. The zero-order valence-corrected chi connectivity index (χ0v) is 32.6. The summed E-state index contributed by atoms with van der Waals surface area (Å²) < 4.78 is 2.90. The normalized spacial score (nSPS) is 11.9. The Morgan fingerprint density at radius 1 is 0.316 bits per heavy atom. The standard InChI is InChI=1S/C55H33NSe/c1-2-14-35(15-3-1)51-39-17-4-6-19-41(39)53(42-20-7-5-18-40(42)51)37-29-30-38-47-25-12-26-48(55(47)57-50(38)33-37)54-45-23-10-8-21-43(45)52(44-22-9-11-24-46(44)54)36-28-27-34-16-13-31-56-49(34)32-36/h1-33H. The van der Waals surface area contributed by atoms with Crippen LogP contribution in [-0.4, -0.2) is 19.5 Å². The van der Waals surface area contributed by atoms with Gasteiger partial charge in [-0.3, -0.25) is 0 Å². The maximum atomic E-state index is 4.73. The van der Waals surface area contributed by atoms with Gasteiger partial charge < -0.3 is 0 Å². The molecule has 0 aliphatic rings. The molecule has 0 aliphatic heterocycles. The molecule has 10 aromatic carbocycles. The SMILES string of the molecule is c1ccc(-c2c3ccccc3c(-c3ccc4c(c3)[se]c3c(-c5c6ccccc6c(-c6ccc7cccnc7c6)c6ccccc56)cccc34)c3ccccc23)cc1. The summed E-state index contributed by atoms with van der Waals surface area (Å²) in [5, 5.41) is 14.1. The Balaban J connectivity index is 1.10. The average molecular weight is 787 g/mol. The van der Waals surface area contributed by atoms with Crippen LogP contribution >= 0.6 is 0 Å². The van der Waals surface area contributed by atoms with Crippen molar-refractivity contribution in [1.29, 1.82) is 0 Å². The second-order valence-electron chi connectivity index (χ2n) is 15.0. The second-order valence-corrected chi connectivity index (χ2v) is 17.2. The number of fused-ring (bicyclic) bond motifs is 8. The first-order chi connectivity index (χ1) is 28.3. The van der Waals surface area contributed by atoms with Crippen LogP contribution < -0.4 is 0 Å². The van der Waals surface area contributed by atoms with Gasteiger partial charge in [0.1, 0.15) is 0 Å². The Hall–Kier alpha value is -6.83. The van der Waals surface area contributed by atoms with Crippen LogP contribution in [-0.2, 0) is 0 Å². The summed E-state index contributed by atoms with van der Waals surface area (Å²) in [7, 11) is 0. The van der Waals surface area contributed by atoms with Gasteiger partial charge in [0.2, 0.25) is 0 Å². The summed E-state index contributed by atoms with van der Waals surface area (Å²) in [6.45, 7) is 0. The molecule has 2 aromatic heterocycles. The molecule has 0 bridgehead atoms. The summed E-state index contributed by atoms with van der Waals surface area (Å²) in [5.41, 5.74) is 11.3. The molecule has 0 aliphatic carbocycles. The van der Waals surface area contributed by atoms with Crippen LogP contribution in [0, 0.1) is 0 Å². The summed E-state index contributed by atoms with van der Waals surface area (Å²) in [5.74, 6) is 0. The van der Waals surface area contributed by atoms with Crippen molar-refractivity contribution in [2.75, 3.05) is 0 Å². The number of hydrogen-bond acceptors (Lipinski definition) is 1. The molecule has 57 heavy (non-hydrogen) atoms. The first-order valence-electron chi connectivity index (χ1n) is 19.5. The van der Waals surface area contributed by atoms with Crippen molar-refractivity contribution in [3.05, 3.63) is 200 Å². The minimum atomic E-state index is 0.109. The van der Waals surface area contributed by atoms with Crippen molar-refractivity contribution in [3.8, 4) is 44.5 Å². The molecule has 0 fully saturated rings.